The Balaban J connectivity index is 3.58. The molecule has 0 saturated heterocycles. The van der Waals surface area contributed by atoms with Gasteiger partial charge in [-0.2, -0.15) is 0 Å². The molecule has 0 rings (SSSR count). The van der Waals surface area contributed by atoms with Crippen LogP contribution in [0.4, 0.5) is 0 Å². The van der Waals surface area contributed by atoms with Crippen LogP contribution < -0.4 is 5.32 Å². The summed E-state index contributed by atoms with van der Waals surface area (Å²) in [7, 11) is 0. The maximum atomic E-state index is 12.4. The molecule has 3 unspecified atom stereocenters. The molecule has 0 aliphatic heterocycles. The lowest BCUT2D eigenvalue weighted by atomic mass is 10.0. The van der Waals surface area contributed by atoms with Crippen LogP contribution in [0, 0.1) is 0 Å². The zero-order chi connectivity index (χ0) is 37.3. The van der Waals surface area contributed by atoms with E-state index in [-0.39, 0.29) is 13.0 Å². The molecule has 0 aromatic carbocycles. The second kappa shape index (κ2) is 41.6. The van der Waals surface area contributed by atoms with Crippen molar-refractivity contribution in [3.05, 3.63) is 24.3 Å². The highest BCUT2D eigenvalue weighted by Crippen LogP contribution is 2.17. The van der Waals surface area contributed by atoms with Gasteiger partial charge in [-0.25, -0.2) is 0 Å². The molecule has 5 heteroatoms. The summed E-state index contributed by atoms with van der Waals surface area (Å²) in [6.45, 7) is 4.20. The Bertz CT molecular complexity index is 754. The minimum atomic E-state index is -1.18. The molecular formula is C46H89NO4. The number of hydrogen-bond donors (Lipinski definition) is 4. The molecule has 5 nitrogen and oxygen atoms in total. The van der Waals surface area contributed by atoms with E-state index in [4.69, 9.17) is 0 Å². The lowest BCUT2D eigenvalue weighted by Gasteiger charge is -2.23. The van der Waals surface area contributed by atoms with Crippen LogP contribution in [0.15, 0.2) is 24.3 Å². The highest BCUT2D eigenvalue weighted by molar-refractivity contribution is 5.81. The van der Waals surface area contributed by atoms with Crippen molar-refractivity contribution in [1.29, 1.82) is 0 Å². The van der Waals surface area contributed by atoms with E-state index in [2.05, 4.69) is 31.3 Å². The predicted octanol–water partition coefficient (Wildman–Crippen LogP) is 13.0. The Morgan fingerprint density at radius 1 is 0.490 bits per heavy atom. The molecule has 4 N–H and O–H groups in total. The van der Waals surface area contributed by atoms with Gasteiger partial charge in [-0.3, -0.25) is 4.79 Å². The van der Waals surface area contributed by atoms with Gasteiger partial charge in [0.1, 0.15) is 6.10 Å². The number of unbranched alkanes of at least 4 members (excludes halogenated alkanes) is 30. The summed E-state index contributed by atoms with van der Waals surface area (Å²) in [5.74, 6) is -0.536. The van der Waals surface area contributed by atoms with Crippen molar-refractivity contribution in [3.63, 3.8) is 0 Å². The van der Waals surface area contributed by atoms with Gasteiger partial charge in [-0.15, -0.1) is 0 Å². The Morgan fingerprint density at radius 2 is 0.843 bits per heavy atom. The van der Waals surface area contributed by atoms with Crippen LogP contribution in [-0.2, 0) is 4.79 Å². The van der Waals surface area contributed by atoms with Gasteiger partial charge in [0.25, 0.3) is 0 Å². The van der Waals surface area contributed by atoms with Crippen molar-refractivity contribution in [2.75, 3.05) is 6.61 Å². The fraction of sp³-hybridized carbons (Fsp3) is 0.891. The molecule has 0 aromatic rings. The molecule has 302 valence electrons. The van der Waals surface area contributed by atoms with Gasteiger partial charge in [0.15, 0.2) is 0 Å². The van der Waals surface area contributed by atoms with Crippen LogP contribution in [0.3, 0.4) is 0 Å². The first-order valence-corrected chi connectivity index (χ1v) is 22.6. The van der Waals surface area contributed by atoms with E-state index in [0.717, 1.165) is 25.7 Å². The van der Waals surface area contributed by atoms with E-state index in [1.54, 1.807) is 0 Å². The SMILES string of the molecule is CCCCCCCC/C=C\C/C=C\CC(O)C(=O)NC(CO)C(O)CCCCCCCCCCCCCCCCCCCCCCCCCCC. The Morgan fingerprint density at radius 3 is 1.24 bits per heavy atom. The van der Waals surface area contributed by atoms with E-state index in [9.17, 15) is 20.1 Å². The van der Waals surface area contributed by atoms with E-state index in [1.165, 1.54) is 186 Å². The van der Waals surface area contributed by atoms with Crippen LogP contribution in [0.2, 0.25) is 0 Å². The van der Waals surface area contributed by atoms with Crippen LogP contribution in [-0.4, -0.2) is 46.1 Å². The Hall–Kier alpha value is -1.17. The topological polar surface area (TPSA) is 89.8 Å². The third kappa shape index (κ3) is 37.0. The maximum Gasteiger partial charge on any atom is 0.249 e. The van der Waals surface area contributed by atoms with Gasteiger partial charge >= 0.3 is 0 Å². The first-order chi connectivity index (χ1) is 25.1. The smallest absolute Gasteiger partial charge is 0.249 e. The third-order valence-electron chi connectivity index (χ3n) is 10.6. The molecule has 0 spiro atoms. The molecular weight excluding hydrogens is 631 g/mol. The molecule has 0 aliphatic rings. The van der Waals surface area contributed by atoms with Crippen LogP contribution in [0.1, 0.15) is 239 Å². The zero-order valence-corrected chi connectivity index (χ0v) is 34.2. The zero-order valence-electron chi connectivity index (χ0n) is 34.2. The van der Waals surface area contributed by atoms with Gasteiger partial charge in [0.2, 0.25) is 5.91 Å². The lowest BCUT2D eigenvalue weighted by molar-refractivity contribution is -0.131. The van der Waals surface area contributed by atoms with Crippen molar-refractivity contribution in [3.8, 4) is 0 Å². The number of carbonyl (C=O) groups is 1. The summed E-state index contributed by atoms with van der Waals surface area (Å²) in [4.78, 5) is 12.4. The average molecular weight is 720 g/mol. The summed E-state index contributed by atoms with van der Waals surface area (Å²) >= 11 is 0. The Kier molecular flexibility index (Phi) is 40.6. The van der Waals surface area contributed by atoms with Crippen molar-refractivity contribution in [2.45, 2.75) is 257 Å². The van der Waals surface area contributed by atoms with Gasteiger partial charge in [-0.1, -0.05) is 231 Å². The number of hydrogen-bond acceptors (Lipinski definition) is 4. The van der Waals surface area contributed by atoms with Crippen LogP contribution in [0.25, 0.3) is 0 Å². The Labute approximate surface area is 318 Å². The lowest BCUT2D eigenvalue weighted by Crippen LogP contribution is -2.49. The summed E-state index contributed by atoms with van der Waals surface area (Å²) in [5.41, 5.74) is 0. The predicted molar refractivity (Wildman–Crippen MR) is 222 cm³/mol. The summed E-state index contributed by atoms with van der Waals surface area (Å²) in [6, 6.07) is -0.740. The fourth-order valence-electron chi connectivity index (χ4n) is 7.00. The van der Waals surface area contributed by atoms with E-state index >= 15 is 0 Å². The van der Waals surface area contributed by atoms with Crippen LogP contribution in [0.5, 0.6) is 0 Å². The van der Waals surface area contributed by atoms with E-state index < -0.39 is 24.2 Å². The minimum absolute atomic E-state index is 0.227. The number of rotatable bonds is 41. The molecule has 0 saturated carbocycles. The summed E-state index contributed by atoms with van der Waals surface area (Å²) in [6.07, 6.45) is 50.7. The first-order valence-electron chi connectivity index (χ1n) is 22.6. The molecule has 1 amide bonds. The monoisotopic (exact) mass is 720 g/mol. The molecule has 0 fully saturated rings. The second-order valence-corrected chi connectivity index (χ2v) is 15.6. The van der Waals surface area contributed by atoms with Crippen molar-refractivity contribution in [1.82, 2.24) is 5.32 Å². The van der Waals surface area contributed by atoms with Gasteiger partial charge in [-0.05, 0) is 25.7 Å². The largest absolute Gasteiger partial charge is 0.394 e. The van der Waals surface area contributed by atoms with Crippen molar-refractivity contribution < 1.29 is 20.1 Å². The molecule has 3 atom stereocenters. The van der Waals surface area contributed by atoms with Gasteiger partial charge in [0.05, 0.1) is 18.8 Å². The quantitative estimate of drug-likeness (QED) is 0.0374. The second-order valence-electron chi connectivity index (χ2n) is 15.6. The molecule has 0 heterocycles. The van der Waals surface area contributed by atoms with Gasteiger partial charge < -0.3 is 20.6 Å². The average Bonchev–Trinajstić information content (AvgIpc) is 3.13. The first kappa shape index (κ1) is 49.8. The highest BCUT2D eigenvalue weighted by atomic mass is 16.3. The number of carbonyl (C=O) groups excluding carboxylic acids is 1. The van der Waals surface area contributed by atoms with Crippen LogP contribution >= 0.6 is 0 Å². The normalized spacial score (nSPS) is 13.7. The molecule has 0 bridgehead atoms. The number of amides is 1. The van der Waals surface area contributed by atoms with Crippen molar-refractivity contribution >= 4 is 5.91 Å². The summed E-state index contributed by atoms with van der Waals surface area (Å²) < 4.78 is 0. The number of nitrogens with one attached hydrogen (secondary N) is 1. The van der Waals surface area contributed by atoms with E-state index in [0.29, 0.717) is 6.42 Å². The van der Waals surface area contributed by atoms with Crippen molar-refractivity contribution in [2.24, 2.45) is 0 Å². The molecule has 0 aromatic heterocycles. The highest BCUT2D eigenvalue weighted by Gasteiger charge is 2.23. The maximum absolute atomic E-state index is 12.4. The standard InChI is InChI=1S/C46H89NO4/c1-3-5-7-9-11-13-15-17-18-19-20-21-22-23-24-25-26-27-28-29-31-32-34-36-38-40-44(49)43(42-48)47-46(51)45(50)41-39-37-35-33-30-16-14-12-10-8-6-4-2/h30,33,37,39,43-45,48-50H,3-29,31-32,34-36,38,40-42H2,1-2H3,(H,47,51)/b33-30-,39-37-. The minimum Gasteiger partial charge on any atom is -0.394 e. The number of aliphatic hydroxyl groups excluding tert-OH is 3. The molecule has 0 aliphatic carbocycles. The fourth-order valence-corrected chi connectivity index (χ4v) is 7.00. The van der Waals surface area contributed by atoms with E-state index in [1.807, 2.05) is 12.2 Å². The molecule has 0 radical (unpaired) electrons. The third-order valence-corrected chi connectivity index (χ3v) is 10.6. The molecule has 51 heavy (non-hydrogen) atoms. The van der Waals surface area contributed by atoms with Gasteiger partial charge in [0, 0.05) is 6.42 Å². The number of allylic oxidation sites excluding steroid dienone is 3. The summed E-state index contributed by atoms with van der Waals surface area (Å²) in [5, 5.41) is 33.1. The number of aliphatic hydroxyl groups is 3.